The summed E-state index contributed by atoms with van der Waals surface area (Å²) in [6.45, 7) is 0. The van der Waals surface area contributed by atoms with Crippen LogP contribution in [0.25, 0.3) is 33.6 Å². The van der Waals surface area contributed by atoms with Gasteiger partial charge in [0.2, 0.25) is 0 Å². The fourth-order valence-electron chi connectivity index (χ4n) is 4.06. The summed E-state index contributed by atoms with van der Waals surface area (Å²) in [7, 11) is 2.74. The van der Waals surface area contributed by atoms with Crippen LogP contribution < -0.4 is 0 Å². The second-order valence-electron chi connectivity index (χ2n) is 7.53. The number of benzene rings is 3. The predicted molar refractivity (Wildman–Crippen MR) is 120 cm³/mol. The highest BCUT2D eigenvalue weighted by atomic mass is 16.2. The molecule has 1 aliphatic heterocycles. The summed E-state index contributed by atoms with van der Waals surface area (Å²) in [4.78, 5) is 38.7. The van der Waals surface area contributed by atoms with E-state index in [1.807, 2.05) is 48.5 Å². The SMILES string of the molecule is CN1C(=O)C(=Cc2ccc(-n3c4ccccc4c4ccccc43)cc2)C(=O)N(C)C1=O. The third-order valence-corrected chi connectivity index (χ3v) is 5.69. The maximum absolute atomic E-state index is 12.4. The van der Waals surface area contributed by atoms with Crippen LogP contribution >= 0.6 is 0 Å². The van der Waals surface area contributed by atoms with E-state index in [1.54, 1.807) is 0 Å². The van der Waals surface area contributed by atoms with E-state index in [2.05, 4.69) is 28.8 Å². The van der Waals surface area contributed by atoms with Gasteiger partial charge in [-0.2, -0.15) is 0 Å². The van der Waals surface area contributed by atoms with Crippen LogP contribution in [0.1, 0.15) is 5.56 Å². The fraction of sp³-hybridized carbons (Fsp3) is 0.0800. The number of hydrogen-bond acceptors (Lipinski definition) is 3. The molecule has 2 heterocycles. The van der Waals surface area contributed by atoms with Crippen LogP contribution in [0.15, 0.2) is 78.4 Å². The number of amides is 4. The van der Waals surface area contributed by atoms with Gasteiger partial charge in [0.25, 0.3) is 11.8 Å². The quantitative estimate of drug-likeness (QED) is 0.368. The van der Waals surface area contributed by atoms with Gasteiger partial charge in [-0.1, -0.05) is 48.5 Å². The minimum atomic E-state index is -0.631. The average molecular weight is 409 g/mol. The lowest BCUT2D eigenvalue weighted by Gasteiger charge is -2.28. The van der Waals surface area contributed by atoms with Crippen molar-refractivity contribution >= 4 is 45.7 Å². The zero-order valence-electron chi connectivity index (χ0n) is 17.1. The molecule has 0 atom stereocenters. The van der Waals surface area contributed by atoms with Crippen molar-refractivity contribution in [2.45, 2.75) is 0 Å². The molecule has 6 heteroatoms. The summed E-state index contributed by atoms with van der Waals surface area (Å²) in [6, 6.07) is 23.5. The normalized spacial score (nSPS) is 14.8. The Hall–Kier alpha value is -4.19. The van der Waals surface area contributed by atoms with E-state index in [9.17, 15) is 14.4 Å². The number of carbonyl (C=O) groups is 3. The molecule has 152 valence electrons. The molecule has 4 aromatic rings. The Bertz CT molecular complexity index is 1330. The molecule has 4 amide bonds. The Morgan fingerprint density at radius 1 is 0.645 bits per heavy atom. The van der Waals surface area contributed by atoms with Crippen molar-refractivity contribution in [1.29, 1.82) is 0 Å². The van der Waals surface area contributed by atoms with Gasteiger partial charge in [-0.25, -0.2) is 4.79 Å². The summed E-state index contributed by atoms with van der Waals surface area (Å²) in [5.41, 5.74) is 3.86. The van der Waals surface area contributed by atoms with Crippen molar-refractivity contribution in [2.24, 2.45) is 0 Å². The van der Waals surface area contributed by atoms with Crippen LogP contribution in [-0.2, 0) is 9.59 Å². The number of aromatic nitrogens is 1. The van der Waals surface area contributed by atoms with E-state index >= 15 is 0 Å². The number of carbonyl (C=O) groups excluding carboxylic acids is 3. The molecular formula is C25H19N3O3. The van der Waals surface area contributed by atoms with Gasteiger partial charge < -0.3 is 4.57 Å². The molecular weight excluding hydrogens is 390 g/mol. The summed E-state index contributed by atoms with van der Waals surface area (Å²) in [6.07, 6.45) is 1.53. The first kappa shape index (κ1) is 18.8. The Kier molecular flexibility index (Phi) is 4.22. The van der Waals surface area contributed by atoms with Gasteiger partial charge in [-0.15, -0.1) is 0 Å². The highest BCUT2D eigenvalue weighted by Gasteiger charge is 2.37. The zero-order chi connectivity index (χ0) is 21.7. The Labute approximate surface area is 178 Å². The number of rotatable bonds is 2. The lowest BCUT2D eigenvalue weighted by Crippen LogP contribution is -2.52. The van der Waals surface area contributed by atoms with Gasteiger partial charge in [-0.3, -0.25) is 19.4 Å². The van der Waals surface area contributed by atoms with Gasteiger partial charge >= 0.3 is 6.03 Å². The Morgan fingerprint density at radius 2 is 1.13 bits per heavy atom. The van der Waals surface area contributed by atoms with Gasteiger partial charge in [-0.05, 0) is 35.9 Å². The number of hydrogen-bond donors (Lipinski definition) is 0. The number of likely N-dealkylation sites (N-methyl/N-ethyl adjacent to an activating group) is 2. The molecule has 1 aromatic heterocycles. The lowest BCUT2D eigenvalue weighted by molar-refractivity contribution is -0.134. The molecule has 0 saturated carbocycles. The third kappa shape index (κ3) is 2.84. The molecule has 0 radical (unpaired) electrons. The maximum Gasteiger partial charge on any atom is 0.333 e. The van der Waals surface area contributed by atoms with E-state index in [-0.39, 0.29) is 5.57 Å². The van der Waals surface area contributed by atoms with Gasteiger partial charge in [0.1, 0.15) is 5.57 Å². The standard InChI is InChI=1S/C25H19N3O3/c1-26-23(29)20(24(30)27(2)25(26)31)15-16-11-13-17(14-12-16)28-21-9-5-3-7-18(21)19-8-4-6-10-22(19)28/h3-15H,1-2H3. The monoisotopic (exact) mass is 409 g/mol. The largest absolute Gasteiger partial charge is 0.333 e. The van der Waals surface area contributed by atoms with Crippen LogP contribution in [-0.4, -0.2) is 46.3 Å². The minimum absolute atomic E-state index is 0.0331. The highest BCUT2D eigenvalue weighted by Crippen LogP contribution is 2.31. The number of fused-ring (bicyclic) bond motifs is 3. The van der Waals surface area contributed by atoms with E-state index in [0.717, 1.165) is 26.5 Å². The Morgan fingerprint density at radius 3 is 1.65 bits per heavy atom. The minimum Gasteiger partial charge on any atom is -0.309 e. The molecule has 31 heavy (non-hydrogen) atoms. The third-order valence-electron chi connectivity index (χ3n) is 5.69. The second kappa shape index (κ2) is 6.95. The van der Waals surface area contributed by atoms with Crippen molar-refractivity contribution in [3.63, 3.8) is 0 Å². The van der Waals surface area contributed by atoms with Crippen molar-refractivity contribution < 1.29 is 14.4 Å². The maximum atomic E-state index is 12.4. The van der Waals surface area contributed by atoms with Crippen molar-refractivity contribution in [1.82, 2.24) is 14.4 Å². The number of imide groups is 2. The first-order valence-corrected chi connectivity index (χ1v) is 9.88. The van der Waals surface area contributed by atoms with E-state index in [1.165, 1.54) is 30.9 Å². The van der Waals surface area contributed by atoms with Crippen LogP contribution in [0.3, 0.4) is 0 Å². The van der Waals surface area contributed by atoms with Crippen LogP contribution in [0.4, 0.5) is 4.79 Å². The molecule has 1 fully saturated rings. The van der Waals surface area contributed by atoms with Crippen molar-refractivity contribution in [3.05, 3.63) is 83.9 Å². The molecule has 0 spiro atoms. The molecule has 0 unspecified atom stereocenters. The Balaban J connectivity index is 1.59. The van der Waals surface area contributed by atoms with E-state index in [4.69, 9.17) is 0 Å². The van der Waals surface area contributed by atoms with Crippen molar-refractivity contribution in [2.75, 3.05) is 14.1 Å². The summed E-state index contributed by atoms with van der Waals surface area (Å²) >= 11 is 0. The van der Waals surface area contributed by atoms with Crippen LogP contribution in [0, 0.1) is 0 Å². The number of urea groups is 1. The first-order valence-electron chi connectivity index (χ1n) is 9.88. The molecule has 1 saturated heterocycles. The van der Waals surface area contributed by atoms with Gasteiger partial charge in [0, 0.05) is 30.6 Å². The van der Waals surface area contributed by atoms with E-state index in [0.29, 0.717) is 5.56 Å². The van der Waals surface area contributed by atoms with Crippen molar-refractivity contribution in [3.8, 4) is 5.69 Å². The molecule has 5 rings (SSSR count). The topological polar surface area (TPSA) is 62.6 Å². The summed E-state index contributed by atoms with van der Waals surface area (Å²) in [5, 5.41) is 2.36. The molecule has 0 bridgehead atoms. The van der Waals surface area contributed by atoms with Crippen LogP contribution in [0.5, 0.6) is 0 Å². The average Bonchev–Trinajstić information content (AvgIpc) is 3.14. The molecule has 0 N–H and O–H groups in total. The van der Waals surface area contributed by atoms with Gasteiger partial charge in [0.05, 0.1) is 11.0 Å². The van der Waals surface area contributed by atoms with Crippen LogP contribution in [0.2, 0.25) is 0 Å². The summed E-state index contributed by atoms with van der Waals surface area (Å²) in [5.74, 6) is -1.20. The molecule has 0 aliphatic carbocycles. The zero-order valence-corrected chi connectivity index (χ0v) is 17.1. The fourth-order valence-corrected chi connectivity index (χ4v) is 4.06. The summed E-state index contributed by atoms with van der Waals surface area (Å²) < 4.78 is 2.19. The highest BCUT2D eigenvalue weighted by molar-refractivity contribution is 6.30. The second-order valence-corrected chi connectivity index (χ2v) is 7.53. The number of para-hydroxylation sites is 2. The smallest absolute Gasteiger partial charge is 0.309 e. The number of barbiturate groups is 1. The number of nitrogens with zero attached hydrogens (tertiary/aromatic N) is 3. The molecule has 3 aromatic carbocycles. The first-order chi connectivity index (χ1) is 15.0. The molecule has 1 aliphatic rings. The van der Waals surface area contributed by atoms with Gasteiger partial charge in [0.15, 0.2) is 0 Å². The lowest BCUT2D eigenvalue weighted by atomic mass is 10.1. The van der Waals surface area contributed by atoms with E-state index < -0.39 is 17.8 Å². The molecule has 6 nitrogen and oxygen atoms in total. The predicted octanol–water partition coefficient (Wildman–Crippen LogP) is 4.22.